The van der Waals surface area contributed by atoms with Crippen LogP contribution < -0.4 is 14.8 Å². The molecule has 0 unspecified atom stereocenters. The van der Waals surface area contributed by atoms with Crippen LogP contribution >= 0.6 is 0 Å². The number of amides is 2. The summed E-state index contributed by atoms with van der Waals surface area (Å²) in [7, 11) is 1.57. The lowest BCUT2D eigenvalue weighted by Gasteiger charge is -2.22. The SMILES string of the molecule is COc1ccccc1OCC(=O)N(CCC(=O)NCCC(C)C)C1CC1. The molecule has 26 heavy (non-hydrogen) atoms. The van der Waals surface area contributed by atoms with Crippen LogP contribution in [0.1, 0.15) is 39.5 Å². The second-order valence-electron chi connectivity index (χ2n) is 7.04. The van der Waals surface area contributed by atoms with E-state index in [1.165, 1.54) is 0 Å². The van der Waals surface area contributed by atoms with Gasteiger partial charge in [-0.05, 0) is 37.3 Å². The van der Waals surface area contributed by atoms with Crippen molar-refractivity contribution in [3.8, 4) is 11.5 Å². The number of hydrogen-bond donors (Lipinski definition) is 1. The number of carbonyl (C=O) groups excluding carboxylic acids is 2. The molecule has 144 valence electrons. The zero-order valence-corrected chi connectivity index (χ0v) is 16.0. The summed E-state index contributed by atoms with van der Waals surface area (Å²) < 4.78 is 10.9. The minimum Gasteiger partial charge on any atom is -0.493 e. The third-order valence-electron chi connectivity index (χ3n) is 4.35. The number of para-hydroxylation sites is 2. The van der Waals surface area contributed by atoms with E-state index in [4.69, 9.17) is 9.47 Å². The van der Waals surface area contributed by atoms with Crippen molar-refractivity contribution in [2.75, 3.05) is 26.8 Å². The predicted octanol–water partition coefficient (Wildman–Crippen LogP) is 2.62. The van der Waals surface area contributed by atoms with Crippen molar-refractivity contribution in [2.24, 2.45) is 5.92 Å². The van der Waals surface area contributed by atoms with Gasteiger partial charge in [-0.2, -0.15) is 0 Å². The van der Waals surface area contributed by atoms with Crippen molar-refractivity contribution in [3.05, 3.63) is 24.3 Å². The first-order valence-corrected chi connectivity index (χ1v) is 9.33. The summed E-state index contributed by atoms with van der Waals surface area (Å²) in [5.74, 6) is 1.61. The average molecular weight is 362 g/mol. The number of nitrogens with one attached hydrogen (secondary N) is 1. The van der Waals surface area contributed by atoms with Crippen molar-refractivity contribution in [2.45, 2.75) is 45.6 Å². The molecule has 6 nitrogen and oxygen atoms in total. The number of rotatable bonds is 11. The first-order valence-electron chi connectivity index (χ1n) is 9.33. The molecule has 1 saturated carbocycles. The van der Waals surface area contributed by atoms with Gasteiger partial charge in [-0.25, -0.2) is 0 Å². The van der Waals surface area contributed by atoms with Gasteiger partial charge in [0.1, 0.15) is 0 Å². The van der Waals surface area contributed by atoms with Crippen molar-refractivity contribution >= 4 is 11.8 Å². The summed E-state index contributed by atoms with van der Waals surface area (Å²) in [5, 5.41) is 2.92. The van der Waals surface area contributed by atoms with Crippen molar-refractivity contribution in [1.29, 1.82) is 0 Å². The maximum Gasteiger partial charge on any atom is 0.260 e. The van der Waals surface area contributed by atoms with E-state index >= 15 is 0 Å². The molecule has 1 fully saturated rings. The third kappa shape index (κ3) is 6.58. The molecule has 0 bridgehead atoms. The van der Waals surface area contributed by atoms with Crippen molar-refractivity contribution < 1.29 is 19.1 Å². The van der Waals surface area contributed by atoms with Gasteiger partial charge in [0.2, 0.25) is 5.91 Å². The number of nitrogens with zero attached hydrogens (tertiary/aromatic N) is 1. The molecule has 0 aromatic heterocycles. The minimum absolute atomic E-state index is 0.00486. The molecule has 1 aromatic carbocycles. The van der Waals surface area contributed by atoms with Gasteiger partial charge in [0.15, 0.2) is 18.1 Å². The zero-order valence-electron chi connectivity index (χ0n) is 16.0. The third-order valence-corrected chi connectivity index (χ3v) is 4.35. The fourth-order valence-electron chi connectivity index (χ4n) is 2.67. The van der Waals surface area contributed by atoms with E-state index in [1.807, 2.05) is 12.1 Å². The first kappa shape index (κ1) is 20.1. The van der Waals surface area contributed by atoms with E-state index < -0.39 is 0 Å². The molecule has 0 radical (unpaired) electrons. The topological polar surface area (TPSA) is 67.9 Å². The highest BCUT2D eigenvalue weighted by Gasteiger charge is 2.32. The van der Waals surface area contributed by atoms with Gasteiger partial charge < -0.3 is 19.7 Å². The second kappa shape index (κ2) is 10.0. The fourth-order valence-corrected chi connectivity index (χ4v) is 2.67. The van der Waals surface area contributed by atoms with Crippen molar-refractivity contribution in [1.82, 2.24) is 10.2 Å². The van der Waals surface area contributed by atoms with Crippen LogP contribution in [0.25, 0.3) is 0 Å². The molecule has 2 rings (SSSR count). The van der Waals surface area contributed by atoms with Gasteiger partial charge in [-0.1, -0.05) is 26.0 Å². The lowest BCUT2D eigenvalue weighted by molar-refractivity contribution is -0.134. The van der Waals surface area contributed by atoms with Crippen LogP contribution in [0, 0.1) is 5.92 Å². The molecule has 1 aliphatic rings. The van der Waals surface area contributed by atoms with Crippen LogP contribution in [0.3, 0.4) is 0 Å². The molecule has 0 atom stereocenters. The van der Waals surface area contributed by atoms with E-state index in [-0.39, 0.29) is 24.5 Å². The maximum absolute atomic E-state index is 12.5. The van der Waals surface area contributed by atoms with Crippen LogP contribution in [0.2, 0.25) is 0 Å². The van der Waals surface area contributed by atoms with Gasteiger partial charge in [-0.15, -0.1) is 0 Å². The molecule has 0 heterocycles. The van der Waals surface area contributed by atoms with Gasteiger partial charge in [0.25, 0.3) is 5.91 Å². The Morgan fingerprint density at radius 2 is 1.92 bits per heavy atom. The Morgan fingerprint density at radius 3 is 2.54 bits per heavy atom. The van der Waals surface area contributed by atoms with E-state index in [2.05, 4.69) is 19.2 Å². The molecule has 6 heteroatoms. The lowest BCUT2D eigenvalue weighted by atomic mass is 10.1. The molecule has 0 saturated heterocycles. The van der Waals surface area contributed by atoms with E-state index in [0.717, 1.165) is 19.3 Å². The zero-order chi connectivity index (χ0) is 18.9. The molecule has 2 amide bonds. The Balaban J connectivity index is 1.79. The lowest BCUT2D eigenvalue weighted by Crippen LogP contribution is -2.39. The standard InChI is InChI=1S/C20H30N2O4/c1-15(2)10-12-21-19(23)11-13-22(16-8-9-16)20(24)14-26-18-7-5-4-6-17(18)25-3/h4-7,15-16H,8-14H2,1-3H3,(H,21,23). The number of carbonyl (C=O) groups is 2. The molecule has 0 spiro atoms. The normalized spacial score (nSPS) is 13.4. The minimum atomic E-state index is -0.0895. The smallest absolute Gasteiger partial charge is 0.260 e. The van der Waals surface area contributed by atoms with E-state index in [9.17, 15) is 9.59 Å². The van der Waals surface area contributed by atoms with Crippen LogP contribution in [0.15, 0.2) is 24.3 Å². The molecular weight excluding hydrogens is 332 g/mol. The Hall–Kier alpha value is -2.24. The number of methoxy groups -OCH3 is 1. The Labute approximate surface area is 155 Å². The predicted molar refractivity (Wildman–Crippen MR) is 100 cm³/mol. The Morgan fingerprint density at radius 1 is 1.23 bits per heavy atom. The maximum atomic E-state index is 12.5. The molecule has 0 aliphatic heterocycles. The summed E-state index contributed by atoms with van der Waals surface area (Å²) in [5.41, 5.74) is 0. The largest absolute Gasteiger partial charge is 0.493 e. The number of hydrogen-bond acceptors (Lipinski definition) is 4. The van der Waals surface area contributed by atoms with Crippen LogP contribution in [0.4, 0.5) is 0 Å². The summed E-state index contributed by atoms with van der Waals surface area (Å²) in [4.78, 5) is 26.3. The van der Waals surface area contributed by atoms with Gasteiger partial charge >= 0.3 is 0 Å². The first-order chi connectivity index (χ1) is 12.5. The number of ether oxygens (including phenoxy) is 2. The van der Waals surface area contributed by atoms with E-state index in [1.54, 1.807) is 24.1 Å². The summed E-state index contributed by atoms with van der Waals surface area (Å²) in [6.45, 7) is 5.33. The molecular formula is C20H30N2O4. The fraction of sp³-hybridized carbons (Fsp3) is 0.600. The average Bonchev–Trinajstić information content (AvgIpc) is 3.45. The van der Waals surface area contributed by atoms with Crippen LogP contribution in [-0.2, 0) is 9.59 Å². The molecule has 1 aliphatic carbocycles. The van der Waals surface area contributed by atoms with Crippen LogP contribution in [-0.4, -0.2) is 49.6 Å². The quantitative estimate of drug-likeness (QED) is 0.657. The summed E-state index contributed by atoms with van der Waals surface area (Å²) in [6, 6.07) is 7.49. The van der Waals surface area contributed by atoms with Crippen molar-refractivity contribution in [3.63, 3.8) is 0 Å². The number of benzene rings is 1. The second-order valence-corrected chi connectivity index (χ2v) is 7.04. The highest BCUT2D eigenvalue weighted by atomic mass is 16.5. The highest BCUT2D eigenvalue weighted by Crippen LogP contribution is 2.28. The molecule has 1 aromatic rings. The highest BCUT2D eigenvalue weighted by molar-refractivity contribution is 5.80. The summed E-state index contributed by atoms with van der Waals surface area (Å²) in [6.07, 6.45) is 3.28. The van der Waals surface area contributed by atoms with Gasteiger partial charge in [-0.3, -0.25) is 9.59 Å². The monoisotopic (exact) mass is 362 g/mol. The van der Waals surface area contributed by atoms with Gasteiger partial charge in [0, 0.05) is 25.6 Å². The summed E-state index contributed by atoms with van der Waals surface area (Å²) >= 11 is 0. The Kier molecular flexibility index (Phi) is 7.75. The van der Waals surface area contributed by atoms with Gasteiger partial charge in [0.05, 0.1) is 7.11 Å². The van der Waals surface area contributed by atoms with E-state index in [0.29, 0.717) is 36.9 Å². The Bertz CT molecular complexity index is 599. The molecule has 1 N–H and O–H groups in total. The van der Waals surface area contributed by atoms with Crippen LogP contribution in [0.5, 0.6) is 11.5 Å².